The van der Waals surface area contributed by atoms with E-state index in [1.54, 1.807) is 4.31 Å². The Kier molecular flexibility index (Phi) is 6.06. The number of nitrogens with zero attached hydrogens (tertiary/aromatic N) is 2. The molecule has 3 aromatic heterocycles. The summed E-state index contributed by atoms with van der Waals surface area (Å²) < 4.78 is 71.3. The van der Waals surface area contributed by atoms with E-state index in [1.165, 1.54) is 23.5 Å². The van der Waals surface area contributed by atoms with Crippen molar-refractivity contribution in [3.63, 3.8) is 0 Å². The van der Waals surface area contributed by atoms with Gasteiger partial charge in [-0.1, -0.05) is 30.5 Å². The highest BCUT2D eigenvalue weighted by Crippen LogP contribution is 2.38. The van der Waals surface area contributed by atoms with Crippen LogP contribution < -0.4 is 0 Å². The van der Waals surface area contributed by atoms with E-state index < -0.39 is 22.0 Å². The standard InChI is InChI=1S/C19H19F3N2O3S3/c20-19(21,22)17-11-15(23-27-17)16-8-9-18(29-16)30(25,26)24(12-14-7-4-10-28-14)13-5-2-1-3-6-13/h4,7-11,13H,1-3,5-6,12H2. The van der Waals surface area contributed by atoms with Crippen molar-refractivity contribution in [1.82, 2.24) is 9.46 Å². The van der Waals surface area contributed by atoms with Gasteiger partial charge in [0.2, 0.25) is 5.76 Å². The van der Waals surface area contributed by atoms with E-state index in [9.17, 15) is 21.6 Å². The molecule has 1 aliphatic rings. The van der Waals surface area contributed by atoms with Gasteiger partial charge in [0.25, 0.3) is 10.0 Å². The first kappa shape index (κ1) is 21.5. The van der Waals surface area contributed by atoms with E-state index >= 15 is 0 Å². The molecule has 3 aromatic rings. The maximum atomic E-state index is 13.5. The zero-order chi connectivity index (χ0) is 21.4. The van der Waals surface area contributed by atoms with Gasteiger partial charge in [-0.3, -0.25) is 0 Å². The molecule has 162 valence electrons. The van der Waals surface area contributed by atoms with Crippen molar-refractivity contribution >= 4 is 32.7 Å². The van der Waals surface area contributed by atoms with Crippen molar-refractivity contribution < 1.29 is 26.1 Å². The van der Waals surface area contributed by atoms with Crippen molar-refractivity contribution in [2.45, 2.75) is 55.1 Å². The van der Waals surface area contributed by atoms with Gasteiger partial charge in [0.1, 0.15) is 9.90 Å². The Labute approximate surface area is 180 Å². The van der Waals surface area contributed by atoms with Crippen LogP contribution in [0.3, 0.4) is 0 Å². The fourth-order valence-corrected chi connectivity index (χ4v) is 7.41. The van der Waals surface area contributed by atoms with Crippen LogP contribution in [0.15, 0.2) is 44.4 Å². The highest BCUT2D eigenvalue weighted by molar-refractivity contribution is 7.91. The number of sulfonamides is 1. The van der Waals surface area contributed by atoms with Crippen molar-refractivity contribution in [2.24, 2.45) is 0 Å². The van der Waals surface area contributed by atoms with Crippen LogP contribution in [-0.4, -0.2) is 23.9 Å². The number of alkyl halides is 3. The number of hydrogen-bond acceptors (Lipinski definition) is 6. The molecule has 1 fully saturated rings. The minimum absolute atomic E-state index is 0.0313. The highest BCUT2D eigenvalue weighted by Gasteiger charge is 2.37. The second-order valence-electron chi connectivity index (χ2n) is 7.11. The summed E-state index contributed by atoms with van der Waals surface area (Å²) in [5.41, 5.74) is -0.0313. The van der Waals surface area contributed by atoms with Crippen molar-refractivity contribution in [3.8, 4) is 10.6 Å². The van der Waals surface area contributed by atoms with Crippen molar-refractivity contribution in [1.29, 1.82) is 0 Å². The smallest absolute Gasteiger partial charge is 0.351 e. The van der Waals surface area contributed by atoms with Crippen molar-refractivity contribution in [2.75, 3.05) is 0 Å². The van der Waals surface area contributed by atoms with E-state index in [2.05, 4.69) is 9.68 Å². The first-order valence-electron chi connectivity index (χ1n) is 9.43. The van der Waals surface area contributed by atoms with Crippen LogP contribution in [-0.2, 0) is 22.7 Å². The third-order valence-corrected chi connectivity index (χ3v) is 9.39. The Hall–Kier alpha value is -1.69. The fourth-order valence-electron chi connectivity index (χ4n) is 3.57. The summed E-state index contributed by atoms with van der Waals surface area (Å²) in [5.74, 6) is -1.21. The average molecular weight is 477 g/mol. The van der Waals surface area contributed by atoms with Crippen LogP contribution in [0.1, 0.15) is 42.7 Å². The van der Waals surface area contributed by atoms with E-state index in [-0.39, 0.29) is 15.9 Å². The molecule has 0 bridgehead atoms. The van der Waals surface area contributed by atoms with Crippen LogP contribution in [0.5, 0.6) is 0 Å². The summed E-state index contributed by atoms with van der Waals surface area (Å²) in [4.78, 5) is 1.26. The minimum atomic E-state index is -4.64. The molecule has 0 aromatic carbocycles. The van der Waals surface area contributed by atoms with Gasteiger partial charge in [-0.2, -0.15) is 17.5 Å². The molecule has 1 aliphatic carbocycles. The van der Waals surface area contributed by atoms with Crippen LogP contribution in [0.2, 0.25) is 0 Å². The molecule has 0 N–H and O–H groups in total. The first-order chi connectivity index (χ1) is 14.2. The zero-order valence-corrected chi connectivity index (χ0v) is 18.2. The SMILES string of the molecule is O=S(=O)(c1ccc(-c2cc(C(F)(F)F)on2)s1)N(Cc1cccs1)C1CCCCC1. The monoisotopic (exact) mass is 476 g/mol. The third-order valence-electron chi connectivity index (χ3n) is 5.06. The molecule has 0 atom stereocenters. The lowest BCUT2D eigenvalue weighted by atomic mass is 9.95. The summed E-state index contributed by atoms with van der Waals surface area (Å²) in [7, 11) is -3.81. The molecule has 0 saturated heterocycles. The molecule has 0 spiro atoms. The van der Waals surface area contributed by atoms with E-state index in [0.29, 0.717) is 11.4 Å². The fraction of sp³-hybridized carbons (Fsp3) is 0.421. The Balaban J connectivity index is 1.64. The first-order valence-corrected chi connectivity index (χ1v) is 12.6. The topological polar surface area (TPSA) is 63.4 Å². The second-order valence-corrected chi connectivity index (χ2v) is 11.3. The number of hydrogen-bond donors (Lipinski definition) is 0. The number of halogens is 3. The molecule has 30 heavy (non-hydrogen) atoms. The normalized spacial score (nSPS) is 16.4. The van der Waals surface area contributed by atoms with Gasteiger partial charge >= 0.3 is 6.18 Å². The number of thiophene rings is 2. The van der Waals surface area contributed by atoms with Gasteiger partial charge in [0.05, 0.1) is 4.88 Å². The lowest BCUT2D eigenvalue weighted by molar-refractivity contribution is -0.155. The Bertz CT molecular complexity index is 1080. The quantitative estimate of drug-likeness (QED) is 0.437. The van der Waals surface area contributed by atoms with Gasteiger partial charge in [-0.05, 0) is 36.4 Å². The molecule has 4 rings (SSSR count). The van der Waals surface area contributed by atoms with Crippen LogP contribution >= 0.6 is 22.7 Å². The highest BCUT2D eigenvalue weighted by atomic mass is 32.2. The molecule has 3 heterocycles. The van der Waals surface area contributed by atoms with Gasteiger partial charge in [-0.25, -0.2) is 8.42 Å². The predicted molar refractivity (Wildman–Crippen MR) is 109 cm³/mol. The van der Waals surface area contributed by atoms with E-state index in [4.69, 9.17) is 0 Å². The third kappa shape index (κ3) is 4.48. The Morgan fingerprint density at radius 2 is 1.93 bits per heavy atom. The van der Waals surface area contributed by atoms with Crippen LogP contribution in [0, 0.1) is 0 Å². The van der Waals surface area contributed by atoms with Gasteiger partial charge in [-0.15, -0.1) is 22.7 Å². The summed E-state index contributed by atoms with van der Waals surface area (Å²) in [6.45, 7) is 0.292. The number of rotatable bonds is 6. The number of aromatic nitrogens is 1. The molecule has 0 amide bonds. The summed E-state index contributed by atoms with van der Waals surface area (Å²) in [6, 6.07) is 7.40. The second kappa shape index (κ2) is 8.45. The zero-order valence-electron chi connectivity index (χ0n) is 15.8. The summed E-state index contributed by atoms with van der Waals surface area (Å²) in [6.07, 6.45) is 0.0320. The molecule has 11 heteroatoms. The summed E-state index contributed by atoms with van der Waals surface area (Å²) in [5, 5.41) is 5.36. The molecular formula is C19H19F3N2O3S3. The van der Waals surface area contributed by atoms with E-state index in [0.717, 1.165) is 54.4 Å². The molecule has 0 radical (unpaired) electrons. The maximum absolute atomic E-state index is 13.5. The van der Waals surface area contributed by atoms with E-state index in [1.807, 2.05) is 17.5 Å². The molecule has 0 aliphatic heterocycles. The average Bonchev–Trinajstić information content (AvgIpc) is 3.47. The lowest BCUT2D eigenvalue weighted by Crippen LogP contribution is -2.40. The van der Waals surface area contributed by atoms with Gasteiger partial charge in [0.15, 0.2) is 0 Å². The largest absolute Gasteiger partial charge is 0.452 e. The predicted octanol–water partition coefficient (Wildman–Crippen LogP) is 6.01. The molecular weight excluding hydrogens is 457 g/mol. The van der Waals surface area contributed by atoms with Crippen LogP contribution in [0.4, 0.5) is 13.2 Å². The molecule has 5 nitrogen and oxygen atoms in total. The van der Waals surface area contributed by atoms with Crippen molar-refractivity contribution in [3.05, 3.63) is 46.3 Å². The summed E-state index contributed by atoms with van der Waals surface area (Å²) >= 11 is 2.41. The van der Waals surface area contributed by atoms with Gasteiger partial charge < -0.3 is 4.52 Å². The maximum Gasteiger partial charge on any atom is 0.452 e. The minimum Gasteiger partial charge on any atom is -0.351 e. The van der Waals surface area contributed by atoms with Gasteiger partial charge in [0, 0.05) is 23.5 Å². The molecule has 1 saturated carbocycles. The Morgan fingerprint density at radius 1 is 1.17 bits per heavy atom. The van der Waals surface area contributed by atoms with Crippen LogP contribution in [0.25, 0.3) is 10.6 Å². The lowest BCUT2D eigenvalue weighted by Gasteiger charge is -2.32. The Morgan fingerprint density at radius 3 is 2.57 bits per heavy atom. The molecule has 0 unspecified atom stereocenters.